The number of alkyl halides is 7. The largest absolute Gasteiger partial charge is 0.413 e. The molecule has 1 unspecified atom stereocenters. The highest BCUT2D eigenvalue weighted by atomic mass is 19.4. The molecule has 7 nitrogen and oxygen atoms in total. The van der Waals surface area contributed by atoms with Crippen molar-refractivity contribution in [3.8, 4) is 0 Å². The lowest BCUT2D eigenvalue weighted by Crippen LogP contribution is -2.24. The van der Waals surface area contributed by atoms with E-state index in [2.05, 4.69) is 42.3 Å². The molecule has 1 atom stereocenters. The fourth-order valence-electron chi connectivity index (χ4n) is 2.05. The van der Waals surface area contributed by atoms with Crippen molar-refractivity contribution < 1.29 is 78.1 Å². The summed E-state index contributed by atoms with van der Waals surface area (Å²) in [5.74, 6) is 0.711. The summed E-state index contributed by atoms with van der Waals surface area (Å²) < 4.78 is 129. The van der Waals surface area contributed by atoms with E-state index in [0.29, 0.717) is 18.9 Å². The van der Waals surface area contributed by atoms with Gasteiger partial charge in [-0.1, -0.05) is 165 Å². The van der Waals surface area contributed by atoms with E-state index in [1.165, 1.54) is 19.3 Å². The molecule has 17 heteroatoms. The van der Waals surface area contributed by atoms with Crippen LogP contribution in [-0.4, -0.2) is 84.8 Å². The molecule has 0 heterocycles. The first-order valence-corrected chi connectivity index (χ1v) is 13.9. The summed E-state index contributed by atoms with van der Waals surface area (Å²) >= 11 is 0. The maximum atomic E-state index is 11.8. The van der Waals surface area contributed by atoms with E-state index < -0.39 is 32.4 Å². The Bertz CT molecular complexity index is 483. The minimum Gasteiger partial charge on any atom is -0.379 e. The zero-order chi connectivity index (χ0) is 34.4. The highest BCUT2D eigenvalue weighted by Crippen LogP contribution is 2.16. The van der Waals surface area contributed by atoms with E-state index in [9.17, 15) is 44.3 Å². The number of unbranched alkanes of at least 4 members (excludes halogenated alkanes) is 1. The van der Waals surface area contributed by atoms with Gasteiger partial charge in [0.2, 0.25) is 6.86 Å². The Kier molecular flexibility index (Phi) is 238. The van der Waals surface area contributed by atoms with Crippen molar-refractivity contribution in [1.82, 2.24) is 0 Å². The van der Waals surface area contributed by atoms with Crippen LogP contribution >= 0.6 is 0 Å². The molecular weight excluding hydrogens is 794 g/mol. The molecule has 388 valence electrons. The highest BCUT2D eigenvalue weighted by Gasteiger charge is 2.32. The van der Waals surface area contributed by atoms with Gasteiger partial charge in [-0.25, -0.2) is 13.2 Å². The molecular formula is C41H112F10O7. The van der Waals surface area contributed by atoms with Crippen molar-refractivity contribution in [2.24, 2.45) is 5.92 Å². The Hall–Kier alpha value is -0.980. The molecule has 0 aliphatic rings. The minimum absolute atomic E-state index is 0. The topological polar surface area (TPSA) is 64.6 Å². The van der Waals surface area contributed by atoms with Gasteiger partial charge in [0.15, 0.2) is 6.67 Å². The Labute approximate surface area is 360 Å². The van der Waals surface area contributed by atoms with Crippen molar-refractivity contribution in [1.29, 1.82) is 0 Å². The van der Waals surface area contributed by atoms with Crippen LogP contribution in [0.1, 0.15) is 191 Å². The van der Waals surface area contributed by atoms with Gasteiger partial charge in [0.05, 0.1) is 19.3 Å². The van der Waals surface area contributed by atoms with Crippen LogP contribution in [0.5, 0.6) is 0 Å². The SMILES string of the molecule is C.C.C.C.C.C.C.C.C.C.C.C.C.C.C.CCCCOCC(C)OCC(CC)CC.CCCOCC(F)(F)OF.CCCOCCF.FCC(F)(F)OF.FCOF. The Morgan fingerprint density at radius 1 is 0.483 bits per heavy atom. The average molecular weight is 907 g/mol. The first-order valence-electron chi connectivity index (χ1n) is 13.9. The second-order valence-corrected chi connectivity index (χ2v) is 8.39. The fourth-order valence-corrected chi connectivity index (χ4v) is 2.05. The van der Waals surface area contributed by atoms with Gasteiger partial charge in [0, 0.05) is 26.4 Å². The van der Waals surface area contributed by atoms with Crippen LogP contribution in [0.15, 0.2) is 0 Å². The van der Waals surface area contributed by atoms with E-state index >= 15 is 0 Å². The molecule has 0 amide bonds. The maximum absolute atomic E-state index is 11.8. The van der Waals surface area contributed by atoms with E-state index in [1.54, 1.807) is 6.92 Å². The van der Waals surface area contributed by atoms with E-state index in [-0.39, 0.29) is 137 Å². The monoisotopic (exact) mass is 907 g/mol. The Morgan fingerprint density at radius 3 is 1.12 bits per heavy atom. The van der Waals surface area contributed by atoms with Gasteiger partial charge in [0.25, 0.3) is 0 Å². The summed E-state index contributed by atoms with van der Waals surface area (Å²) in [5.41, 5.74) is 0. The third kappa shape index (κ3) is 139. The lowest BCUT2D eigenvalue weighted by molar-refractivity contribution is -0.367. The molecule has 58 heavy (non-hydrogen) atoms. The van der Waals surface area contributed by atoms with Crippen LogP contribution in [0.2, 0.25) is 0 Å². The zero-order valence-corrected chi connectivity index (χ0v) is 26.1. The molecule has 0 spiro atoms. The number of hydrogen-bond acceptors (Lipinski definition) is 7. The maximum Gasteiger partial charge on any atom is 0.413 e. The fraction of sp³-hybridized carbons (Fsp3) is 1.00. The van der Waals surface area contributed by atoms with Crippen molar-refractivity contribution >= 4 is 0 Å². The molecule has 0 aliphatic heterocycles. The smallest absolute Gasteiger partial charge is 0.379 e. The van der Waals surface area contributed by atoms with E-state index in [4.69, 9.17) is 14.2 Å². The summed E-state index contributed by atoms with van der Waals surface area (Å²) in [7, 11) is 0. The molecule has 0 aromatic carbocycles. The number of ether oxygens (including phenoxy) is 4. The second kappa shape index (κ2) is 106. The first kappa shape index (κ1) is 131. The molecule has 0 fully saturated rings. The number of halogens is 10. The molecule has 0 radical (unpaired) electrons. The van der Waals surface area contributed by atoms with E-state index in [1.807, 2.05) is 11.9 Å². The molecule has 0 aromatic heterocycles. The third-order valence-corrected chi connectivity index (χ3v) is 4.38. The normalized spacial score (nSPS) is 8.64. The van der Waals surface area contributed by atoms with Gasteiger partial charge in [0.1, 0.15) is 13.3 Å². The molecule has 0 saturated heterocycles. The van der Waals surface area contributed by atoms with Crippen LogP contribution < -0.4 is 0 Å². The summed E-state index contributed by atoms with van der Waals surface area (Å²) in [6.07, 6.45) is -1.46. The van der Waals surface area contributed by atoms with Crippen LogP contribution in [0.25, 0.3) is 0 Å². The molecule has 0 aliphatic carbocycles. The summed E-state index contributed by atoms with van der Waals surface area (Å²) in [6, 6.07) is 0. The summed E-state index contributed by atoms with van der Waals surface area (Å²) in [4.78, 5) is 6.58. The average Bonchev–Trinajstić information content (AvgIpc) is 3.01. The zero-order valence-electron chi connectivity index (χ0n) is 26.1. The molecule has 0 N–H and O–H groups in total. The van der Waals surface area contributed by atoms with Gasteiger partial charge in [-0.05, 0) is 45.7 Å². The van der Waals surface area contributed by atoms with Crippen LogP contribution in [0, 0.1) is 5.92 Å². The Morgan fingerprint density at radius 2 is 0.862 bits per heavy atom. The lowest BCUT2D eigenvalue weighted by atomic mass is 10.1. The molecule has 0 bridgehead atoms. The van der Waals surface area contributed by atoms with Gasteiger partial charge in [-0.2, -0.15) is 22.5 Å². The van der Waals surface area contributed by atoms with Gasteiger partial charge in [-0.15, -0.1) is 9.88 Å². The predicted octanol–water partition coefficient (Wildman–Crippen LogP) is 18.7. The third-order valence-electron chi connectivity index (χ3n) is 4.38. The predicted molar refractivity (Wildman–Crippen MR) is 243 cm³/mol. The van der Waals surface area contributed by atoms with Crippen molar-refractivity contribution in [2.75, 3.05) is 66.5 Å². The summed E-state index contributed by atoms with van der Waals surface area (Å²) in [6.45, 7) is 11.2. The summed E-state index contributed by atoms with van der Waals surface area (Å²) in [5, 5.41) is 0. The molecule has 0 saturated carbocycles. The van der Waals surface area contributed by atoms with Gasteiger partial charge < -0.3 is 18.9 Å². The van der Waals surface area contributed by atoms with Crippen molar-refractivity contribution in [3.63, 3.8) is 0 Å². The first-order chi connectivity index (χ1) is 20.3. The molecule has 0 rings (SSSR count). The van der Waals surface area contributed by atoms with Crippen LogP contribution in [0.4, 0.5) is 44.3 Å². The Balaban J connectivity index is -0.0000000170. The standard InChI is InChI=1S/C13H28O2.C5H9F3O2.C5H11FO.C2H2F4O.CH2F2O.15CH4/c1-5-8-9-14-10-12(4)15-11-13(6-2)7-3;1-2-3-9-4-5(6,7)10-8;1-2-4-7-5-3-6;3-1-2(4,5)7-6;2-1-4-3;;;;;;;;;;;;;;;/h12-13H,5-11H2,1-4H3;2-4H2,1H3;2-5H2,1H3;1H2;1H2;15*1H4. The quantitative estimate of drug-likeness (QED) is 0.0792. The number of hydrogen-bond donors (Lipinski definition) is 0. The van der Waals surface area contributed by atoms with Crippen molar-refractivity contribution in [2.45, 2.75) is 210 Å². The van der Waals surface area contributed by atoms with E-state index in [0.717, 1.165) is 32.7 Å². The minimum atomic E-state index is -4.25. The number of rotatable bonds is 22. The van der Waals surface area contributed by atoms with Gasteiger partial charge >= 0.3 is 12.2 Å². The van der Waals surface area contributed by atoms with Crippen LogP contribution in [-0.2, 0) is 33.8 Å². The van der Waals surface area contributed by atoms with Gasteiger partial charge in [-0.3, -0.25) is 0 Å². The van der Waals surface area contributed by atoms with Crippen molar-refractivity contribution in [3.05, 3.63) is 0 Å². The lowest BCUT2D eigenvalue weighted by Gasteiger charge is -2.17. The molecule has 0 aromatic rings. The van der Waals surface area contributed by atoms with Crippen LogP contribution in [0.3, 0.4) is 0 Å². The second-order valence-electron chi connectivity index (χ2n) is 8.39. The highest BCUT2D eigenvalue weighted by molar-refractivity contribution is 4.55.